The molecule has 4 rings (SSSR count). The van der Waals surface area contributed by atoms with Crippen LogP contribution in [-0.2, 0) is 9.53 Å². The number of fused-ring (bicyclic) bond motifs is 1. The molecule has 7 heteroatoms. The van der Waals surface area contributed by atoms with Gasteiger partial charge < -0.3 is 19.5 Å². The molecule has 1 aromatic heterocycles. The van der Waals surface area contributed by atoms with Gasteiger partial charge in [0.1, 0.15) is 11.5 Å². The lowest BCUT2D eigenvalue weighted by molar-refractivity contribution is -0.118. The van der Waals surface area contributed by atoms with Crippen molar-refractivity contribution in [1.82, 2.24) is 4.98 Å². The number of methoxy groups -OCH3 is 1. The van der Waals surface area contributed by atoms with Crippen molar-refractivity contribution < 1.29 is 23.8 Å². The van der Waals surface area contributed by atoms with Crippen molar-refractivity contribution in [1.29, 1.82) is 0 Å². The van der Waals surface area contributed by atoms with Crippen LogP contribution in [0.5, 0.6) is 11.5 Å². The van der Waals surface area contributed by atoms with E-state index in [9.17, 15) is 9.59 Å². The molecular formula is C28H26N2O5. The first kappa shape index (κ1) is 23.8. The normalized spacial score (nSPS) is 10.6. The Hall–Kier alpha value is -4.39. The van der Waals surface area contributed by atoms with Crippen LogP contribution in [0, 0.1) is 6.92 Å². The van der Waals surface area contributed by atoms with E-state index in [-0.39, 0.29) is 19.1 Å². The third-order valence-electron chi connectivity index (χ3n) is 5.36. The maximum atomic E-state index is 12.6. The molecule has 0 atom stereocenters. The largest absolute Gasteiger partial charge is 0.497 e. The molecule has 1 N–H and O–H groups in total. The average molecular weight is 471 g/mol. The molecule has 1 heterocycles. The highest BCUT2D eigenvalue weighted by atomic mass is 16.5. The van der Waals surface area contributed by atoms with E-state index in [1.54, 1.807) is 62.6 Å². The van der Waals surface area contributed by atoms with E-state index in [0.717, 1.165) is 11.1 Å². The van der Waals surface area contributed by atoms with Crippen LogP contribution in [0.15, 0.2) is 72.8 Å². The fourth-order valence-electron chi connectivity index (χ4n) is 3.54. The Kier molecular flexibility index (Phi) is 7.26. The van der Waals surface area contributed by atoms with E-state index >= 15 is 0 Å². The van der Waals surface area contributed by atoms with E-state index in [1.165, 1.54) is 0 Å². The third kappa shape index (κ3) is 5.76. The highest BCUT2D eigenvalue weighted by Crippen LogP contribution is 2.31. The maximum absolute atomic E-state index is 12.6. The standard InChI is InChI=1S/C28H26N2O5/c1-4-34-28(32)20-9-14-24-23(15-20)26(16-25(30-24)19-7-5-18(2)6-8-19)35-17-27(31)29-21-10-12-22(33-3)13-11-21/h5-16H,4,17H2,1-3H3,(H,29,31). The zero-order chi connectivity index (χ0) is 24.8. The molecule has 0 fully saturated rings. The van der Waals surface area contributed by atoms with Crippen LogP contribution < -0.4 is 14.8 Å². The smallest absolute Gasteiger partial charge is 0.338 e. The van der Waals surface area contributed by atoms with Crippen LogP contribution in [0.25, 0.3) is 22.2 Å². The number of aryl methyl sites for hydroxylation is 1. The Labute approximate surface area is 203 Å². The molecule has 0 spiro atoms. The summed E-state index contributed by atoms with van der Waals surface area (Å²) in [7, 11) is 1.58. The van der Waals surface area contributed by atoms with E-state index in [2.05, 4.69) is 5.32 Å². The number of carbonyl (C=O) groups excluding carboxylic acids is 2. The van der Waals surface area contributed by atoms with Crippen LogP contribution in [0.1, 0.15) is 22.8 Å². The van der Waals surface area contributed by atoms with Gasteiger partial charge in [0.25, 0.3) is 5.91 Å². The summed E-state index contributed by atoms with van der Waals surface area (Å²) in [6.07, 6.45) is 0. The highest BCUT2D eigenvalue weighted by molar-refractivity contribution is 5.97. The molecule has 0 aliphatic rings. The van der Waals surface area contributed by atoms with Crippen molar-refractivity contribution in [2.75, 3.05) is 25.6 Å². The van der Waals surface area contributed by atoms with Crippen molar-refractivity contribution in [3.63, 3.8) is 0 Å². The fraction of sp³-hybridized carbons (Fsp3) is 0.179. The van der Waals surface area contributed by atoms with Gasteiger partial charge in [-0.05, 0) is 56.3 Å². The van der Waals surface area contributed by atoms with Gasteiger partial charge in [0.2, 0.25) is 0 Å². The van der Waals surface area contributed by atoms with Gasteiger partial charge in [0.05, 0.1) is 30.5 Å². The van der Waals surface area contributed by atoms with Crippen molar-refractivity contribution in [2.24, 2.45) is 0 Å². The summed E-state index contributed by atoms with van der Waals surface area (Å²) in [6.45, 7) is 3.83. The Balaban J connectivity index is 1.63. The Morgan fingerprint density at radius 3 is 2.37 bits per heavy atom. The Morgan fingerprint density at radius 1 is 0.943 bits per heavy atom. The lowest BCUT2D eigenvalue weighted by Gasteiger charge is -2.13. The Bertz CT molecular complexity index is 1350. The van der Waals surface area contributed by atoms with Gasteiger partial charge in [0, 0.05) is 22.7 Å². The second-order valence-corrected chi connectivity index (χ2v) is 7.89. The number of carbonyl (C=O) groups is 2. The molecule has 178 valence electrons. The second-order valence-electron chi connectivity index (χ2n) is 7.89. The summed E-state index contributed by atoms with van der Waals surface area (Å²) >= 11 is 0. The molecule has 3 aromatic carbocycles. The number of nitrogens with one attached hydrogen (secondary N) is 1. The minimum Gasteiger partial charge on any atom is -0.497 e. The number of hydrogen-bond donors (Lipinski definition) is 1. The zero-order valence-corrected chi connectivity index (χ0v) is 19.8. The molecule has 35 heavy (non-hydrogen) atoms. The molecule has 0 aliphatic carbocycles. The molecule has 0 radical (unpaired) electrons. The van der Waals surface area contributed by atoms with Crippen molar-refractivity contribution >= 4 is 28.5 Å². The number of ether oxygens (including phenoxy) is 3. The van der Waals surface area contributed by atoms with Gasteiger partial charge in [-0.1, -0.05) is 29.8 Å². The SMILES string of the molecule is CCOC(=O)c1ccc2nc(-c3ccc(C)cc3)cc(OCC(=O)Nc3ccc(OC)cc3)c2c1. The second kappa shape index (κ2) is 10.7. The van der Waals surface area contributed by atoms with Gasteiger partial charge in [0.15, 0.2) is 6.61 Å². The van der Waals surface area contributed by atoms with Crippen LogP contribution >= 0.6 is 0 Å². The summed E-state index contributed by atoms with van der Waals surface area (Å²) in [4.78, 5) is 29.6. The topological polar surface area (TPSA) is 86.8 Å². The summed E-state index contributed by atoms with van der Waals surface area (Å²) in [5, 5.41) is 3.42. The summed E-state index contributed by atoms with van der Waals surface area (Å²) in [5.41, 5.74) is 4.41. The first-order chi connectivity index (χ1) is 17.0. The van der Waals surface area contributed by atoms with Crippen molar-refractivity contribution in [3.8, 4) is 22.8 Å². The van der Waals surface area contributed by atoms with Crippen LogP contribution in [0.3, 0.4) is 0 Å². The van der Waals surface area contributed by atoms with Gasteiger partial charge in [-0.15, -0.1) is 0 Å². The predicted molar refractivity (Wildman–Crippen MR) is 135 cm³/mol. The first-order valence-corrected chi connectivity index (χ1v) is 11.2. The zero-order valence-electron chi connectivity index (χ0n) is 19.8. The summed E-state index contributed by atoms with van der Waals surface area (Å²) in [5.74, 6) is 0.393. The minimum atomic E-state index is -0.430. The van der Waals surface area contributed by atoms with E-state index in [1.807, 2.05) is 31.2 Å². The van der Waals surface area contributed by atoms with Gasteiger partial charge in [-0.25, -0.2) is 9.78 Å². The highest BCUT2D eigenvalue weighted by Gasteiger charge is 2.14. The fourth-order valence-corrected chi connectivity index (χ4v) is 3.54. The number of anilines is 1. The molecule has 0 unspecified atom stereocenters. The van der Waals surface area contributed by atoms with Crippen molar-refractivity contribution in [2.45, 2.75) is 13.8 Å². The lowest BCUT2D eigenvalue weighted by Crippen LogP contribution is -2.20. The number of aromatic nitrogens is 1. The molecule has 0 saturated carbocycles. The average Bonchev–Trinajstić information content (AvgIpc) is 2.88. The monoisotopic (exact) mass is 470 g/mol. The van der Waals surface area contributed by atoms with E-state index < -0.39 is 5.97 Å². The number of amides is 1. The number of nitrogens with zero attached hydrogens (tertiary/aromatic N) is 1. The molecule has 1 amide bonds. The number of esters is 1. The molecule has 4 aromatic rings. The molecule has 0 saturated heterocycles. The number of benzene rings is 3. The van der Waals surface area contributed by atoms with Crippen molar-refractivity contribution in [3.05, 3.63) is 83.9 Å². The molecular weight excluding hydrogens is 444 g/mol. The maximum Gasteiger partial charge on any atom is 0.338 e. The Morgan fingerprint density at radius 2 is 1.69 bits per heavy atom. The van der Waals surface area contributed by atoms with Gasteiger partial charge in [-0.3, -0.25) is 4.79 Å². The van der Waals surface area contributed by atoms with Crippen LogP contribution in [0.4, 0.5) is 5.69 Å². The number of rotatable bonds is 8. The summed E-state index contributed by atoms with van der Waals surface area (Å²) in [6, 6.07) is 21.9. The van der Waals surface area contributed by atoms with Gasteiger partial charge >= 0.3 is 5.97 Å². The number of hydrogen-bond acceptors (Lipinski definition) is 6. The first-order valence-electron chi connectivity index (χ1n) is 11.2. The van der Waals surface area contributed by atoms with E-state index in [0.29, 0.717) is 39.3 Å². The van der Waals surface area contributed by atoms with Crippen LogP contribution in [0.2, 0.25) is 0 Å². The van der Waals surface area contributed by atoms with Gasteiger partial charge in [-0.2, -0.15) is 0 Å². The predicted octanol–water partition coefficient (Wildman–Crippen LogP) is 5.41. The quantitative estimate of drug-likeness (QED) is 0.346. The lowest BCUT2D eigenvalue weighted by atomic mass is 10.1. The number of pyridine rings is 1. The third-order valence-corrected chi connectivity index (χ3v) is 5.36. The van der Waals surface area contributed by atoms with E-state index in [4.69, 9.17) is 19.2 Å². The van der Waals surface area contributed by atoms with Crippen LogP contribution in [-0.4, -0.2) is 37.2 Å². The summed E-state index contributed by atoms with van der Waals surface area (Å²) < 4.78 is 16.2. The molecule has 7 nitrogen and oxygen atoms in total. The molecule has 0 bridgehead atoms. The molecule has 0 aliphatic heterocycles. The minimum absolute atomic E-state index is 0.220.